The highest BCUT2D eigenvalue weighted by molar-refractivity contribution is 5.91. The molecule has 4 amide bonds. The molecule has 8 nitrogen and oxygen atoms in total. The van der Waals surface area contributed by atoms with Crippen LogP contribution in [0.1, 0.15) is 49.1 Å². The largest absolute Gasteiger partial charge is 0.459 e. The second-order valence-corrected chi connectivity index (χ2v) is 7.14. The molecule has 1 saturated heterocycles. The van der Waals surface area contributed by atoms with Crippen LogP contribution >= 0.6 is 0 Å². The van der Waals surface area contributed by atoms with Crippen LogP contribution in [0.25, 0.3) is 0 Å². The minimum atomic E-state index is -0.322. The van der Waals surface area contributed by atoms with Crippen molar-refractivity contribution >= 4 is 17.8 Å². The predicted octanol–water partition coefficient (Wildman–Crippen LogP) is 1.59. The van der Waals surface area contributed by atoms with Crippen molar-refractivity contribution in [1.82, 2.24) is 20.4 Å². The van der Waals surface area contributed by atoms with E-state index in [0.717, 1.165) is 12.8 Å². The van der Waals surface area contributed by atoms with Crippen LogP contribution in [0.3, 0.4) is 0 Å². The molecule has 2 N–H and O–H groups in total. The van der Waals surface area contributed by atoms with Gasteiger partial charge in [0.2, 0.25) is 5.91 Å². The molecule has 0 spiro atoms. The van der Waals surface area contributed by atoms with Gasteiger partial charge >= 0.3 is 6.03 Å². The number of rotatable bonds is 5. The number of carbonyl (C=O) groups is 3. The molecular weight excluding hydrogens is 348 g/mol. The van der Waals surface area contributed by atoms with Gasteiger partial charge in [0.15, 0.2) is 5.76 Å². The number of nitrogens with zero attached hydrogens (tertiary/aromatic N) is 2. The number of hydrogen-bond donors (Lipinski definition) is 2. The minimum absolute atomic E-state index is 0.0120. The molecule has 2 aliphatic rings. The van der Waals surface area contributed by atoms with E-state index in [4.69, 9.17) is 4.42 Å². The Morgan fingerprint density at radius 2 is 1.74 bits per heavy atom. The topological polar surface area (TPSA) is 94.9 Å². The van der Waals surface area contributed by atoms with Gasteiger partial charge < -0.3 is 24.9 Å². The molecule has 1 aromatic heterocycles. The molecule has 8 heteroatoms. The fraction of sp³-hybridized carbons (Fsp3) is 0.632. The average Bonchev–Trinajstić information content (AvgIpc) is 3.23. The van der Waals surface area contributed by atoms with E-state index in [0.29, 0.717) is 32.2 Å². The summed E-state index contributed by atoms with van der Waals surface area (Å²) in [6.07, 6.45) is 7.43. The van der Waals surface area contributed by atoms with Gasteiger partial charge in [0.25, 0.3) is 5.91 Å². The number of urea groups is 1. The van der Waals surface area contributed by atoms with Crippen molar-refractivity contribution in [3.63, 3.8) is 0 Å². The highest BCUT2D eigenvalue weighted by Gasteiger charge is 2.25. The molecule has 0 bridgehead atoms. The standard InChI is InChI=1S/C19H28N4O4/c24-17(8-9-20-18(25)16-7-4-14-27-16)22-10-12-23(13-11-22)19(26)21-15-5-2-1-3-6-15/h4,7,14-15H,1-3,5-6,8-13H2,(H,20,25)(H,21,26). The summed E-state index contributed by atoms with van der Waals surface area (Å²) in [5.74, 6) is -0.0980. The summed E-state index contributed by atoms with van der Waals surface area (Å²) in [5.41, 5.74) is 0. The number of carbonyl (C=O) groups excluding carboxylic acids is 3. The summed E-state index contributed by atoms with van der Waals surface area (Å²) in [6, 6.07) is 3.50. The zero-order valence-corrected chi connectivity index (χ0v) is 15.6. The molecule has 0 radical (unpaired) electrons. The molecule has 1 aliphatic heterocycles. The Balaban J connectivity index is 1.33. The van der Waals surface area contributed by atoms with Crippen LogP contribution in [-0.2, 0) is 4.79 Å². The van der Waals surface area contributed by atoms with Gasteiger partial charge in [-0.15, -0.1) is 0 Å². The summed E-state index contributed by atoms with van der Waals surface area (Å²) < 4.78 is 5.01. The van der Waals surface area contributed by atoms with Crippen molar-refractivity contribution in [3.8, 4) is 0 Å². The Labute approximate surface area is 159 Å². The van der Waals surface area contributed by atoms with E-state index in [1.807, 2.05) is 0 Å². The molecule has 3 rings (SSSR count). The highest BCUT2D eigenvalue weighted by atomic mass is 16.3. The Kier molecular flexibility index (Phi) is 6.73. The summed E-state index contributed by atoms with van der Waals surface area (Å²) in [5, 5.41) is 5.79. The molecule has 148 valence electrons. The molecule has 1 aliphatic carbocycles. The van der Waals surface area contributed by atoms with Gasteiger partial charge in [-0.1, -0.05) is 19.3 Å². The lowest BCUT2D eigenvalue weighted by atomic mass is 9.96. The van der Waals surface area contributed by atoms with Gasteiger partial charge in [0.1, 0.15) is 0 Å². The van der Waals surface area contributed by atoms with Crippen LogP contribution in [0, 0.1) is 0 Å². The van der Waals surface area contributed by atoms with Gasteiger partial charge in [-0.2, -0.15) is 0 Å². The van der Waals surface area contributed by atoms with Gasteiger partial charge in [-0.05, 0) is 25.0 Å². The molecule has 1 saturated carbocycles. The first-order valence-corrected chi connectivity index (χ1v) is 9.78. The molecule has 27 heavy (non-hydrogen) atoms. The molecule has 2 fully saturated rings. The molecule has 0 atom stereocenters. The van der Waals surface area contributed by atoms with E-state index in [-0.39, 0.29) is 36.6 Å². The van der Waals surface area contributed by atoms with Crippen molar-refractivity contribution in [2.24, 2.45) is 0 Å². The van der Waals surface area contributed by atoms with Gasteiger partial charge in [0.05, 0.1) is 6.26 Å². The van der Waals surface area contributed by atoms with E-state index in [9.17, 15) is 14.4 Å². The number of piperazine rings is 1. The third kappa shape index (κ3) is 5.48. The lowest BCUT2D eigenvalue weighted by Gasteiger charge is -2.36. The van der Waals surface area contributed by atoms with E-state index in [2.05, 4.69) is 10.6 Å². The first-order valence-electron chi connectivity index (χ1n) is 9.78. The maximum absolute atomic E-state index is 12.4. The summed E-state index contributed by atoms with van der Waals surface area (Å²) in [4.78, 5) is 40.0. The van der Waals surface area contributed by atoms with Crippen molar-refractivity contribution in [1.29, 1.82) is 0 Å². The van der Waals surface area contributed by atoms with Gasteiger partial charge in [-0.25, -0.2) is 4.79 Å². The number of amides is 4. The van der Waals surface area contributed by atoms with E-state index in [1.54, 1.807) is 21.9 Å². The first-order chi connectivity index (χ1) is 13.1. The van der Waals surface area contributed by atoms with Crippen LogP contribution in [0.2, 0.25) is 0 Å². The van der Waals surface area contributed by atoms with Crippen LogP contribution < -0.4 is 10.6 Å². The maximum atomic E-state index is 12.4. The Bertz CT molecular complexity index is 632. The zero-order chi connectivity index (χ0) is 19.1. The summed E-state index contributed by atoms with van der Waals surface area (Å²) in [7, 11) is 0. The zero-order valence-electron chi connectivity index (χ0n) is 15.6. The third-order valence-corrected chi connectivity index (χ3v) is 5.22. The molecule has 0 unspecified atom stereocenters. The predicted molar refractivity (Wildman–Crippen MR) is 99.2 cm³/mol. The average molecular weight is 376 g/mol. The van der Waals surface area contributed by atoms with Crippen molar-refractivity contribution in [3.05, 3.63) is 24.2 Å². The Hall–Kier alpha value is -2.51. The maximum Gasteiger partial charge on any atom is 0.317 e. The smallest absolute Gasteiger partial charge is 0.317 e. The second-order valence-electron chi connectivity index (χ2n) is 7.14. The Morgan fingerprint density at radius 3 is 2.41 bits per heavy atom. The number of hydrogen-bond acceptors (Lipinski definition) is 4. The van der Waals surface area contributed by atoms with E-state index < -0.39 is 0 Å². The van der Waals surface area contributed by atoms with Gasteiger partial charge in [-0.3, -0.25) is 9.59 Å². The van der Waals surface area contributed by atoms with Crippen molar-refractivity contribution in [2.45, 2.75) is 44.6 Å². The fourth-order valence-corrected chi connectivity index (χ4v) is 3.61. The summed E-state index contributed by atoms with van der Waals surface area (Å²) >= 11 is 0. The molecule has 2 heterocycles. The van der Waals surface area contributed by atoms with E-state index >= 15 is 0 Å². The molecular formula is C19H28N4O4. The summed E-state index contributed by atoms with van der Waals surface area (Å²) in [6.45, 7) is 2.42. The van der Waals surface area contributed by atoms with Crippen molar-refractivity contribution in [2.75, 3.05) is 32.7 Å². The van der Waals surface area contributed by atoms with Crippen LogP contribution in [-0.4, -0.2) is 66.4 Å². The number of nitrogens with one attached hydrogen (secondary N) is 2. The lowest BCUT2D eigenvalue weighted by Crippen LogP contribution is -2.54. The SMILES string of the molecule is O=C(NCCC(=O)N1CCN(C(=O)NC2CCCCC2)CC1)c1ccco1. The van der Waals surface area contributed by atoms with Crippen LogP contribution in [0.4, 0.5) is 4.79 Å². The molecule has 0 aromatic carbocycles. The normalized spacial score (nSPS) is 18.2. The second kappa shape index (κ2) is 9.43. The van der Waals surface area contributed by atoms with Crippen LogP contribution in [0.15, 0.2) is 22.8 Å². The lowest BCUT2D eigenvalue weighted by molar-refractivity contribution is -0.132. The minimum Gasteiger partial charge on any atom is -0.459 e. The van der Waals surface area contributed by atoms with Crippen LogP contribution in [0.5, 0.6) is 0 Å². The fourth-order valence-electron chi connectivity index (χ4n) is 3.61. The quantitative estimate of drug-likeness (QED) is 0.816. The van der Waals surface area contributed by atoms with Crippen molar-refractivity contribution < 1.29 is 18.8 Å². The number of furan rings is 1. The monoisotopic (exact) mass is 376 g/mol. The van der Waals surface area contributed by atoms with Gasteiger partial charge in [0, 0.05) is 45.2 Å². The highest BCUT2D eigenvalue weighted by Crippen LogP contribution is 2.17. The first kappa shape index (κ1) is 19.3. The Morgan fingerprint density at radius 1 is 1.04 bits per heavy atom. The molecule has 1 aromatic rings. The van der Waals surface area contributed by atoms with E-state index in [1.165, 1.54) is 25.5 Å². The third-order valence-electron chi connectivity index (χ3n) is 5.22.